The fourth-order valence-corrected chi connectivity index (χ4v) is 10.5. The summed E-state index contributed by atoms with van der Waals surface area (Å²) in [5, 5.41) is 9.70. The second-order valence-electron chi connectivity index (χ2n) is 23.6. The summed E-state index contributed by atoms with van der Waals surface area (Å²) in [5.41, 5.74) is 0. The standard InChI is InChI=1S/C73H134O5/c1-3-5-7-9-11-13-15-17-19-21-23-25-27-29-31-33-35-36-38-40-42-44-46-48-50-52-54-56-58-60-62-64-66-68-73(76)78-71(69-74)70-77-72(75)67-65-63-61-59-57-55-53-51-49-47-45-43-41-39-37-34-32-30-28-26-24-22-20-18-16-14-12-10-8-6-4-2/h15-18,21-24,27,29,71,74H,3-14,19-20,25-26,28,30-70H2,1-2H3/b17-15-,18-16-,23-21-,24-22-,29-27-. The first-order valence-electron chi connectivity index (χ1n) is 34.8. The summed E-state index contributed by atoms with van der Waals surface area (Å²) in [6.07, 6.45) is 94.0. The molecule has 1 unspecified atom stereocenters. The van der Waals surface area contributed by atoms with Gasteiger partial charge in [0.1, 0.15) is 6.61 Å². The second kappa shape index (κ2) is 68.9. The van der Waals surface area contributed by atoms with Crippen LogP contribution < -0.4 is 0 Å². The maximum atomic E-state index is 12.4. The Bertz CT molecular complexity index is 1330. The van der Waals surface area contributed by atoms with Crippen LogP contribution in [0.4, 0.5) is 0 Å². The molecule has 0 aromatic rings. The zero-order chi connectivity index (χ0) is 56.2. The third kappa shape index (κ3) is 66.1. The summed E-state index contributed by atoms with van der Waals surface area (Å²) in [5.74, 6) is -0.571. The zero-order valence-electron chi connectivity index (χ0n) is 52.4. The van der Waals surface area contributed by atoms with Crippen LogP contribution in [0.2, 0.25) is 0 Å². The molecule has 1 N–H and O–H groups in total. The molecule has 0 saturated carbocycles. The topological polar surface area (TPSA) is 72.8 Å². The minimum absolute atomic E-state index is 0.0618. The van der Waals surface area contributed by atoms with Crippen molar-refractivity contribution in [1.82, 2.24) is 0 Å². The Morgan fingerprint density at radius 1 is 0.295 bits per heavy atom. The molecule has 0 aliphatic heterocycles. The molecule has 0 aromatic heterocycles. The van der Waals surface area contributed by atoms with Gasteiger partial charge in [-0.2, -0.15) is 0 Å². The van der Waals surface area contributed by atoms with Gasteiger partial charge in [0.05, 0.1) is 6.61 Å². The highest BCUT2D eigenvalue weighted by Crippen LogP contribution is 2.18. The van der Waals surface area contributed by atoms with Crippen LogP contribution in [0.1, 0.15) is 373 Å². The molecule has 5 heteroatoms. The van der Waals surface area contributed by atoms with Crippen LogP contribution in [0.15, 0.2) is 60.8 Å². The molecule has 0 rings (SSSR count). The number of rotatable bonds is 65. The Morgan fingerprint density at radius 3 is 0.769 bits per heavy atom. The molecular weight excluding hydrogens is 957 g/mol. The van der Waals surface area contributed by atoms with Crippen molar-refractivity contribution in [3.05, 3.63) is 60.8 Å². The Hall–Kier alpha value is -2.40. The van der Waals surface area contributed by atoms with E-state index in [2.05, 4.69) is 74.6 Å². The largest absolute Gasteiger partial charge is 0.462 e. The van der Waals surface area contributed by atoms with Gasteiger partial charge >= 0.3 is 11.9 Å². The van der Waals surface area contributed by atoms with Crippen molar-refractivity contribution < 1.29 is 24.2 Å². The fourth-order valence-electron chi connectivity index (χ4n) is 10.5. The molecule has 0 aromatic carbocycles. The Balaban J connectivity index is 3.41. The lowest BCUT2D eigenvalue weighted by atomic mass is 10.0. The number of unbranched alkanes of at least 4 members (excludes halogenated alkanes) is 47. The molecule has 78 heavy (non-hydrogen) atoms. The molecule has 5 nitrogen and oxygen atoms in total. The summed E-state index contributed by atoms with van der Waals surface area (Å²) in [7, 11) is 0. The van der Waals surface area contributed by atoms with Crippen molar-refractivity contribution in [3.63, 3.8) is 0 Å². The molecule has 0 saturated heterocycles. The van der Waals surface area contributed by atoms with Gasteiger partial charge in [0.15, 0.2) is 6.10 Å². The zero-order valence-corrected chi connectivity index (χ0v) is 52.4. The van der Waals surface area contributed by atoms with Crippen molar-refractivity contribution in [2.45, 2.75) is 380 Å². The first-order chi connectivity index (χ1) is 38.6. The Morgan fingerprint density at radius 2 is 0.513 bits per heavy atom. The van der Waals surface area contributed by atoms with Crippen LogP contribution in [0, 0.1) is 0 Å². The van der Waals surface area contributed by atoms with Gasteiger partial charge in [-0.25, -0.2) is 0 Å². The highest BCUT2D eigenvalue weighted by Gasteiger charge is 2.16. The average Bonchev–Trinajstić information content (AvgIpc) is 3.44. The van der Waals surface area contributed by atoms with Gasteiger partial charge in [-0.3, -0.25) is 9.59 Å². The lowest BCUT2D eigenvalue weighted by molar-refractivity contribution is -0.161. The highest BCUT2D eigenvalue weighted by molar-refractivity contribution is 5.70. The van der Waals surface area contributed by atoms with Crippen LogP contribution >= 0.6 is 0 Å². The summed E-state index contributed by atoms with van der Waals surface area (Å²) in [6.45, 7) is 4.17. The van der Waals surface area contributed by atoms with E-state index in [1.54, 1.807) is 0 Å². The molecule has 0 heterocycles. The van der Waals surface area contributed by atoms with E-state index in [1.807, 2.05) is 0 Å². The van der Waals surface area contributed by atoms with Gasteiger partial charge in [-0.1, -0.05) is 338 Å². The number of aliphatic hydroxyl groups excluding tert-OH is 1. The quantitative estimate of drug-likeness (QED) is 0.0373. The number of carbonyl (C=O) groups excluding carboxylic acids is 2. The van der Waals surface area contributed by atoms with E-state index < -0.39 is 6.10 Å². The van der Waals surface area contributed by atoms with E-state index in [0.717, 1.165) is 57.8 Å². The molecule has 0 amide bonds. The monoisotopic (exact) mass is 1090 g/mol. The van der Waals surface area contributed by atoms with Crippen molar-refractivity contribution in [2.75, 3.05) is 13.2 Å². The number of aliphatic hydroxyl groups is 1. The molecule has 1 atom stereocenters. The number of esters is 2. The van der Waals surface area contributed by atoms with Crippen molar-refractivity contribution in [2.24, 2.45) is 0 Å². The van der Waals surface area contributed by atoms with Crippen LogP contribution in [-0.4, -0.2) is 36.4 Å². The lowest BCUT2D eigenvalue weighted by Crippen LogP contribution is -2.28. The van der Waals surface area contributed by atoms with Crippen LogP contribution in [0.3, 0.4) is 0 Å². The first-order valence-corrected chi connectivity index (χ1v) is 34.8. The van der Waals surface area contributed by atoms with Crippen molar-refractivity contribution in [3.8, 4) is 0 Å². The number of hydrogen-bond donors (Lipinski definition) is 1. The van der Waals surface area contributed by atoms with E-state index >= 15 is 0 Å². The minimum atomic E-state index is -0.772. The fraction of sp³-hybridized carbons (Fsp3) is 0.836. The molecular formula is C73H134O5. The average molecular weight is 1090 g/mol. The van der Waals surface area contributed by atoms with E-state index in [-0.39, 0.29) is 25.2 Å². The van der Waals surface area contributed by atoms with E-state index in [0.29, 0.717) is 12.8 Å². The van der Waals surface area contributed by atoms with Crippen LogP contribution in [0.5, 0.6) is 0 Å². The molecule has 0 aliphatic carbocycles. The maximum absolute atomic E-state index is 12.4. The van der Waals surface area contributed by atoms with Gasteiger partial charge in [0.2, 0.25) is 0 Å². The molecule has 0 spiro atoms. The number of ether oxygens (including phenoxy) is 2. The Labute approximate surface area is 487 Å². The summed E-state index contributed by atoms with van der Waals surface area (Å²) < 4.78 is 10.8. The summed E-state index contributed by atoms with van der Waals surface area (Å²) >= 11 is 0. The molecule has 0 bridgehead atoms. The van der Waals surface area contributed by atoms with Gasteiger partial charge in [-0.05, 0) is 83.5 Å². The van der Waals surface area contributed by atoms with Gasteiger partial charge in [-0.15, -0.1) is 0 Å². The summed E-state index contributed by atoms with van der Waals surface area (Å²) in [6, 6.07) is 0. The van der Waals surface area contributed by atoms with E-state index in [4.69, 9.17) is 9.47 Å². The van der Waals surface area contributed by atoms with E-state index in [1.165, 1.54) is 289 Å². The number of allylic oxidation sites excluding steroid dienone is 10. The summed E-state index contributed by atoms with van der Waals surface area (Å²) in [4.78, 5) is 24.7. The normalized spacial score (nSPS) is 12.5. The van der Waals surface area contributed by atoms with Crippen LogP contribution in [0.25, 0.3) is 0 Å². The predicted octanol–water partition coefficient (Wildman–Crippen LogP) is 24.1. The molecule has 0 radical (unpaired) electrons. The predicted molar refractivity (Wildman–Crippen MR) is 344 cm³/mol. The molecule has 0 aliphatic rings. The van der Waals surface area contributed by atoms with Gasteiger partial charge < -0.3 is 14.6 Å². The maximum Gasteiger partial charge on any atom is 0.306 e. The molecule has 456 valence electrons. The Kier molecular flexibility index (Phi) is 66.8. The van der Waals surface area contributed by atoms with Crippen LogP contribution in [-0.2, 0) is 19.1 Å². The van der Waals surface area contributed by atoms with Crippen molar-refractivity contribution >= 4 is 11.9 Å². The lowest BCUT2D eigenvalue weighted by Gasteiger charge is -2.15. The highest BCUT2D eigenvalue weighted by atomic mass is 16.6. The SMILES string of the molecule is CCCCCCC/C=C\C/C=C\C/C=C\CCCCCCCCCCCCCCCCCCCCC(=O)OC(CO)COC(=O)CCCCCCCCCCCCCCCCCCCCC/C=C\C/C=C\CCCCCCC. The third-order valence-corrected chi connectivity index (χ3v) is 15.8. The second-order valence-corrected chi connectivity index (χ2v) is 23.6. The number of carbonyl (C=O) groups is 2. The van der Waals surface area contributed by atoms with Gasteiger partial charge in [0, 0.05) is 12.8 Å². The molecule has 0 fully saturated rings. The first kappa shape index (κ1) is 75.6. The third-order valence-electron chi connectivity index (χ3n) is 15.8. The number of hydrogen-bond acceptors (Lipinski definition) is 5. The van der Waals surface area contributed by atoms with Crippen molar-refractivity contribution in [1.29, 1.82) is 0 Å². The van der Waals surface area contributed by atoms with Gasteiger partial charge in [0.25, 0.3) is 0 Å². The van der Waals surface area contributed by atoms with E-state index in [9.17, 15) is 14.7 Å². The minimum Gasteiger partial charge on any atom is -0.462 e. The smallest absolute Gasteiger partial charge is 0.306 e.